The van der Waals surface area contributed by atoms with Crippen LogP contribution in [0.25, 0.3) is 21.8 Å². The monoisotopic (exact) mass is 351 g/mol. The van der Waals surface area contributed by atoms with E-state index in [9.17, 15) is 9.59 Å². The van der Waals surface area contributed by atoms with Crippen molar-refractivity contribution in [3.63, 3.8) is 0 Å². The third kappa shape index (κ3) is 2.62. The van der Waals surface area contributed by atoms with Crippen molar-refractivity contribution in [2.75, 3.05) is 19.7 Å². The molecule has 0 aliphatic carbocycles. The minimum atomic E-state index is -0.425. The summed E-state index contributed by atoms with van der Waals surface area (Å²) in [7, 11) is 0. The Bertz CT molecular complexity index is 1020. The zero-order valence-corrected chi connectivity index (χ0v) is 15.0. The van der Waals surface area contributed by atoms with Crippen LogP contribution in [-0.4, -0.2) is 46.4 Å². The highest BCUT2D eigenvalue weighted by Gasteiger charge is 2.21. The maximum atomic E-state index is 12.7. The lowest BCUT2D eigenvalue weighted by atomic mass is 10.0. The summed E-state index contributed by atoms with van der Waals surface area (Å²) in [5, 5.41) is 1.84. The fourth-order valence-electron chi connectivity index (χ4n) is 3.70. The van der Waals surface area contributed by atoms with Gasteiger partial charge in [-0.2, -0.15) is 0 Å². The van der Waals surface area contributed by atoms with Gasteiger partial charge in [-0.1, -0.05) is 0 Å². The first kappa shape index (κ1) is 16.6. The second-order valence-corrected chi connectivity index (χ2v) is 6.63. The number of carbonyl (C=O) groups is 2. The Balaban J connectivity index is 1.85. The molecule has 0 spiro atoms. The molecule has 6 heteroatoms. The molecular formula is C20H21N3O3. The number of nitrogens with one attached hydrogen (secondary N) is 1. The maximum Gasteiger partial charge on any atom is 0.357 e. The van der Waals surface area contributed by atoms with Crippen LogP contribution in [-0.2, 0) is 4.74 Å². The SMILES string of the molecule is CCOC(=O)c1ncc2[nH]c3ccc(C(=O)N4CCCC4)cc3c2c1C. The number of hydrogen-bond acceptors (Lipinski definition) is 4. The molecule has 1 amide bonds. The Morgan fingerprint density at radius 1 is 1.23 bits per heavy atom. The highest BCUT2D eigenvalue weighted by molar-refractivity contribution is 6.12. The summed E-state index contributed by atoms with van der Waals surface area (Å²) < 4.78 is 5.10. The van der Waals surface area contributed by atoms with Crippen LogP contribution in [0.3, 0.4) is 0 Å². The number of carbonyl (C=O) groups excluding carboxylic acids is 2. The summed E-state index contributed by atoms with van der Waals surface area (Å²) >= 11 is 0. The molecule has 2 aromatic heterocycles. The van der Waals surface area contributed by atoms with E-state index in [0.717, 1.165) is 53.3 Å². The Hall–Kier alpha value is -2.89. The van der Waals surface area contributed by atoms with Crippen molar-refractivity contribution in [1.29, 1.82) is 0 Å². The fraction of sp³-hybridized carbons (Fsp3) is 0.350. The van der Waals surface area contributed by atoms with Gasteiger partial charge in [0.05, 0.1) is 18.3 Å². The minimum absolute atomic E-state index is 0.0658. The van der Waals surface area contributed by atoms with Gasteiger partial charge >= 0.3 is 5.97 Å². The normalized spacial score (nSPS) is 14.3. The van der Waals surface area contributed by atoms with E-state index in [4.69, 9.17) is 4.74 Å². The average molecular weight is 351 g/mol. The molecule has 3 heterocycles. The van der Waals surface area contributed by atoms with Crippen LogP contribution in [0.5, 0.6) is 0 Å². The first-order valence-corrected chi connectivity index (χ1v) is 8.97. The zero-order chi connectivity index (χ0) is 18.3. The molecule has 134 valence electrons. The molecule has 1 saturated heterocycles. The molecule has 1 aromatic carbocycles. The van der Waals surface area contributed by atoms with E-state index in [1.165, 1.54) is 0 Å². The van der Waals surface area contributed by atoms with E-state index < -0.39 is 5.97 Å². The van der Waals surface area contributed by atoms with Gasteiger partial charge in [0.25, 0.3) is 5.91 Å². The van der Waals surface area contributed by atoms with Gasteiger partial charge in [0.2, 0.25) is 0 Å². The van der Waals surface area contributed by atoms with Crippen molar-refractivity contribution in [2.24, 2.45) is 0 Å². The van der Waals surface area contributed by atoms with Gasteiger partial charge in [-0.3, -0.25) is 4.79 Å². The smallest absolute Gasteiger partial charge is 0.357 e. The number of fused-ring (bicyclic) bond motifs is 3. The number of esters is 1. The molecule has 1 N–H and O–H groups in total. The molecule has 4 rings (SSSR count). The lowest BCUT2D eigenvalue weighted by molar-refractivity contribution is 0.0518. The van der Waals surface area contributed by atoms with Crippen molar-refractivity contribution in [1.82, 2.24) is 14.9 Å². The highest BCUT2D eigenvalue weighted by Crippen LogP contribution is 2.30. The zero-order valence-electron chi connectivity index (χ0n) is 15.0. The number of pyridine rings is 1. The summed E-state index contributed by atoms with van der Waals surface area (Å²) in [4.78, 5) is 34.4. The molecule has 1 fully saturated rings. The first-order chi connectivity index (χ1) is 12.6. The number of amides is 1. The summed E-state index contributed by atoms with van der Waals surface area (Å²) in [6.45, 7) is 5.58. The van der Waals surface area contributed by atoms with Gasteiger partial charge < -0.3 is 14.6 Å². The lowest BCUT2D eigenvalue weighted by Crippen LogP contribution is -2.27. The number of rotatable bonds is 3. The average Bonchev–Trinajstić information content (AvgIpc) is 3.29. The predicted molar refractivity (Wildman–Crippen MR) is 99.4 cm³/mol. The maximum absolute atomic E-state index is 12.7. The highest BCUT2D eigenvalue weighted by atomic mass is 16.5. The molecule has 3 aromatic rings. The van der Waals surface area contributed by atoms with E-state index in [-0.39, 0.29) is 5.91 Å². The van der Waals surface area contributed by atoms with E-state index in [1.54, 1.807) is 13.1 Å². The van der Waals surface area contributed by atoms with Crippen LogP contribution in [0.4, 0.5) is 0 Å². The van der Waals surface area contributed by atoms with Crippen LogP contribution in [0.15, 0.2) is 24.4 Å². The Morgan fingerprint density at radius 3 is 2.73 bits per heavy atom. The Morgan fingerprint density at radius 2 is 2.00 bits per heavy atom. The second-order valence-electron chi connectivity index (χ2n) is 6.63. The molecule has 0 bridgehead atoms. The number of hydrogen-bond donors (Lipinski definition) is 1. The predicted octanol–water partition coefficient (Wildman–Crippen LogP) is 3.44. The number of H-pyrrole nitrogens is 1. The van der Waals surface area contributed by atoms with Gasteiger partial charge in [-0.15, -0.1) is 0 Å². The van der Waals surface area contributed by atoms with Gasteiger partial charge in [0.15, 0.2) is 5.69 Å². The molecule has 0 radical (unpaired) electrons. The number of aromatic amines is 1. The van der Waals surface area contributed by atoms with Crippen LogP contribution >= 0.6 is 0 Å². The summed E-state index contributed by atoms with van der Waals surface area (Å²) in [6.07, 6.45) is 3.78. The van der Waals surface area contributed by atoms with E-state index in [0.29, 0.717) is 17.9 Å². The number of ether oxygens (including phenoxy) is 1. The van der Waals surface area contributed by atoms with Crippen LogP contribution in [0.1, 0.15) is 46.2 Å². The van der Waals surface area contributed by atoms with Gasteiger partial charge in [0, 0.05) is 34.9 Å². The summed E-state index contributed by atoms with van der Waals surface area (Å²) in [5.41, 5.74) is 3.52. The number of nitrogens with zero attached hydrogens (tertiary/aromatic N) is 2. The summed E-state index contributed by atoms with van der Waals surface area (Å²) in [5.74, 6) is -0.360. The number of likely N-dealkylation sites (tertiary alicyclic amines) is 1. The molecule has 0 atom stereocenters. The molecule has 0 saturated carbocycles. The number of aromatic nitrogens is 2. The molecule has 1 aliphatic heterocycles. The Labute approximate surface area is 151 Å². The van der Waals surface area contributed by atoms with Crippen molar-refractivity contribution in [2.45, 2.75) is 26.7 Å². The van der Waals surface area contributed by atoms with Crippen molar-refractivity contribution >= 4 is 33.7 Å². The molecule has 6 nitrogen and oxygen atoms in total. The molecule has 1 aliphatic rings. The van der Waals surface area contributed by atoms with Gasteiger partial charge in [0.1, 0.15) is 0 Å². The van der Waals surface area contributed by atoms with Crippen LogP contribution < -0.4 is 0 Å². The third-order valence-electron chi connectivity index (χ3n) is 4.99. The van der Waals surface area contributed by atoms with Gasteiger partial charge in [-0.05, 0) is 50.5 Å². The topological polar surface area (TPSA) is 75.3 Å². The van der Waals surface area contributed by atoms with Crippen LogP contribution in [0, 0.1) is 6.92 Å². The van der Waals surface area contributed by atoms with Gasteiger partial charge in [-0.25, -0.2) is 9.78 Å². The third-order valence-corrected chi connectivity index (χ3v) is 4.99. The minimum Gasteiger partial charge on any atom is -0.461 e. The van der Waals surface area contributed by atoms with Crippen LogP contribution in [0.2, 0.25) is 0 Å². The standard InChI is InChI=1S/C20H21N3O3/c1-3-26-20(25)18-12(2)17-14-10-13(19(24)23-8-4-5-9-23)6-7-15(14)22-16(17)11-21-18/h6-7,10-11,22H,3-5,8-9H2,1-2H3. The largest absolute Gasteiger partial charge is 0.461 e. The first-order valence-electron chi connectivity index (χ1n) is 8.97. The second kappa shape index (κ2) is 6.44. The van der Waals surface area contributed by atoms with Crippen molar-refractivity contribution in [3.8, 4) is 0 Å². The Kier molecular flexibility index (Phi) is 4.11. The fourth-order valence-corrected chi connectivity index (χ4v) is 3.70. The number of benzene rings is 1. The molecular weight excluding hydrogens is 330 g/mol. The summed E-state index contributed by atoms with van der Waals surface area (Å²) in [6, 6.07) is 5.69. The quantitative estimate of drug-likeness (QED) is 0.734. The van der Waals surface area contributed by atoms with E-state index in [1.807, 2.05) is 30.0 Å². The molecule has 0 unspecified atom stereocenters. The van der Waals surface area contributed by atoms with E-state index >= 15 is 0 Å². The van der Waals surface area contributed by atoms with Crippen molar-refractivity contribution < 1.29 is 14.3 Å². The molecule has 26 heavy (non-hydrogen) atoms. The number of aryl methyl sites for hydroxylation is 1. The lowest BCUT2D eigenvalue weighted by Gasteiger charge is -2.15. The van der Waals surface area contributed by atoms with Crippen molar-refractivity contribution in [3.05, 3.63) is 41.2 Å². The van der Waals surface area contributed by atoms with E-state index in [2.05, 4.69) is 9.97 Å².